The van der Waals surface area contributed by atoms with Gasteiger partial charge in [0.2, 0.25) is 0 Å². The van der Waals surface area contributed by atoms with E-state index >= 15 is 0 Å². The molecule has 94 valence electrons. The molecule has 2 rings (SSSR count). The van der Waals surface area contributed by atoms with Gasteiger partial charge < -0.3 is 0 Å². The molecule has 18 heavy (non-hydrogen) atoms. The molecule has 0 aliphatic heterocycles. The van der Waals surface area contributed by atoms with Gasteiger partial charge in [0.15, 0.2) is 5.78 Å². The fourth-order valence-electron chi connectivity index (χ4n) is 1.65. The summed E-state index contributed by atoms with van der Waals surface area (Å²) in [4.78, 5) is 17.6. The Morgan fingerprint density at radius 2 is 1.94 bits per heavy atom. The van der Waals surface area contributed by atoms with Gasteiger partial charge in [-0.25, -0.2) is 4.98 Å². The minimum Gasteiger partial charge on any atom is -0.294 e. The highest BCUT2D eigenvalue weighted by Gasteiger charge is 2.09. The normalized spacial score (nSPS) is 10.6. The summed E-state index contributed by atoms with van der Waals surface area (Å²) in [6.07, 6.45) is 1.20. The molecule has 2 aromatic rings. The van der Waals surface area contributed by atoms with Gasteiger partial charge in [0.25, 0.3) is 0 Å². The van der Waals surface area contributed by atoms with Gasteiger partial charge in [-0.2, -0.15) is 0 Å². The van der Waals surface area contributed by atoms with E-state index in [1.807, 2.05) is 6.92 Å². The number of hydrogen-bond donors (Lipinski definition) is 0. The van der Waals surface area contributed by atoms with E-state index in [1.165, 1.54) is 4.88 Å². The van der Waals surface area contributed by atoms with Crippen molar-refractivity contribution in [2.75, 3.05) is 0 Å². The molecule has 0 N–H and O–H groups in total. The number of rotatable bonds is 4. The summed E-state index contributed by atoms with van der Waals surface area (Å²) in [5.41, 5.74) is 1.78. The Balaban J connectivity index is 1.98. The van der Waals surface area contributed by atoms with Crippen LogP contribution in [0.3, 0.4) is 0 Å². The number of hydrogen-bond acceptors (Lipinski definition) is 3. The van der Waals surface area contributed by atoms with Crippen molar-refractivity contribution in [2.45, 2.75) is 26.7 Å². The van der Waals surface area contributed by atoms with Gasteiger partial charge in [-0.1, -0.05) is 11.6 Å². The van der Waals surface area contributed by atoms with Gasteiger partial charge in [-0.3, -0.25) is 4.79 Å². The van der Waals surface area contributed by atoms with Gasteiger partial charge in [-0.05, 0) is 38.1 Å². The molecular weight excluding hydrogens is 266 g/mol. The second-order valence-corrected chi connectivity index (χ2v) is 5.90. The largest absolute Gasteiger partial charge is 0.294 e. The third kappa shape index (κ3) is 3.18. The Morgan fingerprint density at radius 1 is 1.28 bits per heavy atom. The summed E-state index contributed by atoms with van der Waals surface area (Å²) < 4.78 is 0. The van der Waals surface area contributed by atoms with Crippen LogP contribution in [0.5, 0.6) is 0 Å². The highest BCUT2D eigenvalue weighted by Crippen LogP contribution is 2.19. The number of aryl methyl sites for hydroxylation is 3. The molecule has 2 nitrogen and oxygen atoms in total. The zero-order valence-corrected chi connectivity index (χ0v) is 11.9. The molecule has 4 heteroatoms. The van der Waals surface area contributed by atoms with E-state index in [1.54, 1.807) is 35.6 Å². The SMILES string of the molecule is Cc1nc(CCC(=O)c2ccc(Cl)cc2)sc1C. The van der Waals surface area contributed by atoms with Crippen molar-refractivity contribution >= 4 is 28.7 Å². The lowest BCUT2D eigenvalue weighted by Crippen LogP contribution is -2.00. The molecular formula is C14H14ClNOS. The van der Waals surface area contributed by atoms with E-state index in [-0.39, 0.29) is 5.78 Å². The van der Waals surface area contributed by atoms with Crippen molar-refractivity contribution in [2.24, 2.45) is 0 Å². The molecule has 0 spiro atoms. The number of halogens is 1. The second-order valence-electron chi connectivity index (χ2n) is 4.18. The average Bonchev–Trinajstić information content (AvgIpc) is 2.67. The topological polar surface area (TPSA) is 30.0 Å². The summed E-state index contributed by atoms with van der Waals surface area (Å²) in [5, 5.41) is 1.69. The maximum absolute atomic E-state index is 12.0. The molecule has 0 atom stereocenters. The summed E-state index contributed by atoms with van der Waals surface area (Å²) in [6, 6.07) is 7.02. The van der Waals surface area contributed by atoms with Crippen molar-refractivity contribution in [1.29, 1.82) is 0 Å². The van der Waals surface area contributed by atoms with Crippen LogP contribution in [-0.4, -0.2) is 10.8 Å². The number of Topliss-reactive ketones (excluding diaryl/α,β-unsaturated/α-hetero) is 1. The lowest BCUT2D eigenvalue weighted by atomic mass is 10.1. The third-order valence-electron chi connectivity index (χ3n) is 2.80. The molecule has 0 amide bonds. The van der Waals surface area contributed by atoms with Crippen LogP contribution in [-0.2, 0) is 6.42 Å². The van der Waals surface area contributed by atoms with Crippen LogP contribution >= 0.6 is 22.9 Å². The van der Waals surface area contributed by atoms with Gasteiger partial charge in [0.1, 0.15) is 0 Å². The standard InChI is InChI=1S/C14H14ClNOS/c1-9-10(2)18-14(16-9)8-7-13(17)11-3-5-12(15)6-4-11/h3-6H,7-8H2,1-2H3. The first-order valence-corrected chi connectivity index (χ1v) is 6.97. The van der Waals surface area contributed by atoms with Crippen LogP contribution in [0.4, 0.5) is 0 Å². The first-order chi connectivity index (χ1) is 8.56. The minimum absolute atomic E-state index is 0.136. The third-order valence-corrected chi connectivity index (χ3v) is 4.19. The Hall–Kier alpha value is -1.19. The van der Waals surface area contributed by atoms with Crippen LogP contribution in [0.15, 0.2) is 24.3 Å². The van der Waals surface area contributed by atoms with E-state index in [4.69, 9.17) is 11.6 Å². The highest BCUT2D eigenvalue weighted by atomic mass is 35.5. The van der Waals surface area contributed by atoms with Crippen molar-refractivity contribution in [1.82, 2.24) is 4.98 Å². The van der Waals surface area contributed by atoms with Crippen molar-refractivity contribution in [3.63, 3.8) is 0 Å². The molecule has 0 aliphatic carbocycles. The van der Waals surface area contributed by atoms with Crippen LogP contribution in [0.25, 0.3) is 0 Å². The molecule has 0 saturated carbocycles. The summed E-state index contributed by atoms with van der Waals surface area (Å²) in [5.74, 6) is 0.136. The highest BCUT2D eigenvalue weighted by molar-refractivity contribution is 7.11. The lowest BCUT2D eigenvalue weighted by Gasteiger charge is -1.99. The number of benzene rings is 1. The van der Waals surface area contributed by atoms with Crippen LogP contribution < -0.4 is 0 Å². The molecule has 0 bridgehead atoms. The van der Waals surface area contributed by atoms with E-state index in [0.29, 0.717) is 23.4 Å². The summed E-state index contributed by atoms with van der Waals surface area (Å²) in [6.45, 7) is 4.05. The Bertz CT molecular complexity index is 540. The number of carbonyl (C=O) groups is 1. The Labute approximate surface area is 116 Å². The molecule has 1 aromatic heterocycles. The van der Waals surface area contributed by atoms with E-state index in [0.717, 1.165) is 10.7 Å². The number of nitrogens with zero attached hydrogens (tertiary/aromatic N) is 1. The van der Waals surface area contributed by atoms with Gasteiger partial charge in [-0.15, -0.1) is 11.3 Å². The van der Waals surface area contributed by atoms with Gasteiger partial charge >= 0.3 is 0 Å². The van der Waals surface area contributed by atoms with Crippen LogP contribution in [0, 0.1) is 13.8 Å². The Kier molecular flexibility index (Phi) is 4.15. The predicted octanol–water partition coefficient (Wildman–Crippen LogP) is 4.23. The number of carbonyl (C=O) groups excluding carboxylic acids is 1. The second kappa shape index (κ2) is 5.63. The fraction of sp³-hybridized carbons (Fsp3) is 0.286. The first-order valence-electron chi connectivity index (χ1n) is 5.78. The maximum Gasteiger partial charge on any atom is 0.163 e. The van der Waals surface area contributed by atoms with Gasteiger partial charge in [0, 0.05) is 28.3 Å². The quantitative estimate of drug-likeness (QED) is 0.784. The molecule has 0 fully saturated rings. The predicted molar refractivity (Wildman–Crippen MR) is 75.7 cm³/mol. The number of thiazole rings is 1. The Morgan fingerprint density at radius 3 is 2.50 bits per heavy atom. The number of ketones is 1. The zero-order valence-electron chi connectivity index (χ0n) is 10.4. The van der Waals surface area contributed by atoms with Crippen LogP contribution in [0.1, 0.15) is 32.4 Å². The van der Waals surface area contributed by atoms with E-state index < -0.39 is 0 Å². The monoisotopic (exact) mass is 279 g/mol. The molecule has 0 radical (unpaired) electrons. The maximum atomic E-state index is 12.0. The van der Waals surface area contributed by atoms with Crippen LogP contribution in [0.2, 0.25) is 5.02 Å². The van der Waals surface area contributed by atoms with Crippen molar-refractivity contribution in [3.05, 3.63) is 50.4 Å². The van der Waals surface area contributed by atoms with E-state index in [9.17, 15) is 4.79 Å². The molecule has 0 unspecified atom stereocenters. The fourth-order valence-corrected chi connectivity index (χ4v) is 2.71. The van der Waals surface area contributed by atoms with Gasteiger partial charge in [0.05, 0.1) is 10.7 Å². The van der Waals surface area contributed by atoms with Crippen molar-refractivity contribution < 1.29 is 4.79 Å². The van der Waals surface area contributed by atoms with E-state index in [2.05, 4.69) is 11.9 Å². The minimum atomic E-state index is 0.136. The summed E-state index contributed by atoms with van der Waals surface area (Å²) >= 11 is 7.46. The smallest absolute Gasteiger partial charge is 0.163 e. The molecule has 0 saturated heterocycles. The number of aromatic nitrogens is 1. The average molecular weight is 280 g/mol. The zero-order chi connectivity index (χ0) is 13.1. The lowest BCUT2D eigenvalue weighted by molar-refractivity contribution is 0.0983. The molecule has 1 heterocycles. The summed E-state index contributed by atoms with van der Waals surface area (Å²) in [7, 11) is 0. The molecule has 1 aromatic carbocycles. The first kappa shape index (κ1) is 13.2. The van der Waals surface area contributed by atoms with Crippen molar-refractivity contribution in [3.8, 4) is 0 Å². The molecule has 0 aliphatic rings.